The van der Waals surface area contributed by atoms with Gasteiger partial charge < -0.3 is 9.84 Å². The summed E-state index contributed by atoms with van der Waals surface area (Å²) in [6.07, 6.45) is 4.43. The Morgan fingerprint density at radius 2 is 2.00 bits per heavy atom. The molecule has 3 rings (SSSR count). The van der Waals surface area contributed by atoms with Crippen LogP contribution in [0.15, 0.2) is 24.4 Å². The number of methoxy groups -OCH3 is 1. The molecule has 21 heavy (non-hydrogen) atoms. The van der Waals surface area contributed by atoms with Crippen molar-refractivity contribution in [2.45, 2.75) is 45.3 Å². The van der Waals surface area contributed by atoms with E-state index in [-0.39, 0.29) is 6.04 Å². The molecule has 4 heteroatoms. The summed E-state index contributed by atoms with van der Waals surface area (Å²) in [5.74, 6) is 0.636. The molecule has 1 aromatic heterocycles. The molecule has 0 aliphatic heterocycles. The van der Waals surface area contributed by atoms with Gasteiger partial charge in [-0.2, -0.15) is 5.10 Å². The lowest BCUT2D eigenvalue weighted by Crippen LogP contribution is -2.13. The molecule has 0 bridgehead atoms. The summed E-state index contributed by atoms with van der Waals surface area (Å²) in [6.45, 7) is 4.09. The van der Waals surface area contributed by atoms with Crippen molar-refractivity contribution in [3.05, 3.63) is 46.8 Å². The highest BCUT2D eigenvalue weighted by molar-refractivity contribution is 5.40. The molecule has 1 aliphatic rings. The lowest BCUT2D eigenvalue weighted by molar-refractivity contribution is 0.199. The van der Waals surface area contributed by atoms with Crippen LogP contribution < -0.4 is 4.74 Å². The van der Waals surface area contributed by atoms with E-state index in [0.717, 1.165) is 24.1 Å². The van der Waals surface area contributed by atoms with Crippen LogP contribution in [0.1, 0.15) is 54.8 Å². The zero-order chi connectivity index (χ0) is 15.0. The number of aromatic nitrogens is 2. The number of hydrogen-bond acceptors (Lipinski definition) is 3. The first-order valence-corrected chi connectivity index (χ1v) is 7.53. The monoisotopic (exact) mass is 286 g/mol. The Bertz CT molecular complexity index is 646. The van der Waals surface area contributed by atoms with Gasteiger partial charge in [-0.05, 0) is 49.8 Å². The molecule has 1 heterocycles. The van der Waals surface area contributed by atoms with Crippen LogP contribution in [0.25, 0.3) is 0 Å². The molecule has 1 aliphatic carbocycles. The van der Waals surface area contributed by atoms with Gasteiger partial charge in [-0.15, -0.1) is 0 Å². The maximum atomic E-state index is 10.8. The van der Waals surface area contributed by atoms with E-state index in [1.165, 1.54) is 17.5 Å². The quantitative estimate of drug-likeness (QED) is 0.939. The number of aliphatic hydroxyl groups is 1. The van der Waals surface area contributed by atoms with Gasteiger partial charge in [-0.1, -0.05) is 18.2 Å². The van der Waals surface area contributed by atoms with Crippen molar-refractivity contribution in [3.8, 4) is 5.75 Å². The number of aliphatic hydroxyl groups excluding tert-OH is 1. The van der Waals surface area contributed by atoms with Gasteiger partial charge >= 0.3 is 0 Å². The van der Waals surface area contributed by atoms with E-state index in [9.17, 15) is 5.11 Å². The van der Waals surface area contributed by atoms with Crippen LogP contribution >= 0.6 is 0 Å². The highest BCUT2D eigenvalue weighted by Gasteiger charge is 2.24. The summed E-state index contributed by atoms with van der Waals surface area (Å²) in [5.41, 5.74) is 4.42. The molecule has 1 unspecified atom stereocenters. The standard InChI is InChI=1S/C17H22N2O2/c1-11(2)19-16(15(21-3)10-18-19)17(20)14-8-7-12-5-4-6-13(12)9-14/h7-11,17,20H,4-6H2,1-3H3. The van der Waals surface area contributed by atoms with Crippen LogP contribution in [-0.2, 0) is 12.8 Å². The smallest absolute Gasteiger partial charge is 0.163 e. The lowest BCUT2D eigenvalue weighted by atomic mass is 10.0. The van der Waals surface area contributed by atoms with Crippen molar-refractivity contribution < 1.29 is 9.84 Å². The highest BCUT2D eigenvalue weighted by Crippen LogP contribution is 2.33. The van der Waals surface area contributed by atoms with E-state index in [2.05, 4.69) is 17.2 Å². The Balaban J connectivity index is 2.02. The Morgan fingerprint density at radius 3 is 2.71 bits per heavy atom. The van der Waals surface area contributed by atoms with Gasteiger partial charge in [-0.3, -0.25) is 4.68 Å². The van der Waals surface area contributed by atoms with E-state index < -0.39 is 6.10 Å². The molecule has 4 nitrogen and oxygen atoms in total. The molecule has 0 saturated carbocycles. The van der Waals surface area contributed by atoms with Gasteiger partial charge in [0, 0.05) is 6.04 Å². The third-order valence-corrected chi connectivity index (χ3v) is 4.21. The Hall–Kier alpha value is -1.81. The minimum Gasteiger partial charge on any atom is -0.493 e. The summed E-state index contributed by atoms with van der Waals surface area (Å²) in [5, 5.41) is 15.2. The SMILES string of the molecule is COc1cnn(C(C)C)c1C(O)c1ccc2c(c1)CCC2. The maximum Gasteiger partial charge on any atom is 0.163 e. The van der Waals surface area contributed by atoms with E-state index in [1.54, 1.807) is 13.3 Å². The number of rotatable bonds is 4. The molecule has 112 valence electrons. The van der Waals surface area contributed by atoms with Crippen molar-refractivity contribution in [1.82, 2.24) is 9.78 Å². The molecule has 1 atom stereocenters. The largest absolute Gasteiger partial charge is 0.493 e. The van der Waals surface area contributed by atoms with E-state index in [1.807, 2.05) is 24.6 Å². The highest BCUT2D eigenvalue weighted by atomic mass is 16.5. The van der Waals surface area contributed by atoms with Gasteiger partial charge in [0.1, 0.15) is 11.8 Å². The second-order valence-corrected chi connectivity index (χ2v) is 5.92. The van der Waals surface area contributed by atoms with Crippen LogP contribution in [0.4, 0.5) is 0 Å². The van der Waals surface area contributed by atoms with Crippen molar-refractivity contribution in [2.75, 3.05) is 7.11 Å². The second-order valence-electron chi connectivity index (χ2n) is 5.92. The molecule has 1 aromatic carbocycles. The number of fused-ring (bicyclic) bond motifs is 1. The predicted octanol–water partition coefficient (Wildman–Crippen LogP) is 3.04. The fourth-order valence-electron chi connectivity index (χ4n) is 3.10. The van der Waals surface area contributed by atoms with Crippen LogP contribution in [0.3, 0.4) is 0 Å². The predicted molar refractivity (Wildman–Crippen MR) is 81.7 cm³/mol. The second kappa shape index (κ2) is 5.53. The zero-order valence-electron chi connectivity index (χ0n) is 12.8. The van der Waals surface area contributed by atoms with Crippen molar-refractivity contribution in [1.29, 1.82) is 0 Å². The molecule has 0 saturated heterocycles. The average molecular weight is 286 g/mol. The van der Waals surface area contributed by atoms with Gasteiger partial charge in [0.2, 0.25) is 0 Å². The zero-order valence-corrected chi connectivity index (χ0v) is 12.8. The van der Waals surface area contributed by atoms with Crippen LogP contribution in [-0.4, -0.2) is 22.0 Å². The normalized spacial score (nSPS) is 15.3. The molecule has 0 fully saturated rings. The fourth-order valence-corrected chi connectivity index (χ4v) is 3.10. The maximum absolute atomic E-state index is 10.8. The van der Waals surface area contributed by atoms with Crippen LogP contribution in [0, 0.1) is 0 Å². The summed E-state index contributed by atoms with van der Waals surface area (Å²) in [4.78, 5) is 0. The number of hydrogen-bond donors (Lipinski definition) is 1. The first-order valence-electron chi connectivity index (χ1n) is 7.53. The molecular weight excluding hydrogens is 264 g/mol. The third-order valence-electron chi connectivity index (χ3n) is 4.21. The number of ether oxygens (including phenoxy) is 1. The van der Waals surface area contributed by atoms with Gasteiger partial charge in [0.25, 0.3) is 0 Å². The van der Waals surface area contributed by atoms with E-state index >= 15 is 0 Å². The van der Waals surface area contributed by atoms with E-state index in [0.29, 0.717) is 5.75 Å². The first-order chi connectivity index (χ1) is 10.1. The van der Waals surface area contributed by atoms with Gasteiger partial charge in [0.05, 0.1) is 13.3 Å². The van der Waals surface area contributed by atoms with E-state index in [4.69, 9.17) is 4.74 Å². The minimum absolute atomic E-state index is 0.174. The number of benzene rings is 1. The van der Waals surface area contributed by atoms with Crippen molar-refractivity contribution in [3.63, 3.8) is 0 Å². The average Bonchev–Trinajstić information content (AvgIpc) is 3.11. The molecular formula is C17H22N2O2. The summed E-state index contributed by atoms with van der Waals surface area (Å²) in [7, 11) is 1.61. The Morgan fingerprint density at radius 1 is 1.24 bits per heavy atom. The van der Waals surface area contributed by atoms with Crippen molar-refractivity contribution in [2.24, 2.45) is 0 Å². The summed E-state index contributed by atoms with van der Waals surface area (Å²) < 4.78 is 7.20. The topological polar surface area (TPSA) is 47.3 Å². The molecule has 2 aromatic rings. The first kappa shape index (κ1) is 14.1. The van der Waals surface area contributed by atoms with Crippen molar-refractivity contribution >= 4 is 0 Å². The molecule has 0 radical (unpaired) electrons. The Kier molecular flexibility index (Phi) is 3.72. The summed E-state index contributed by atoms with van der Waals surface area (Å²) in [6, 6.07) is 6.47. The van der Waals surface area contributed by atoms with Gasteiger partial charge in [-0.25, -0.2) is 0 Å². The fraction of sp³-hybridized carbons (Fsp3) is 0.471. The number of aryl methyl sites for hydroxylation is 2. The Labute approximate surface area is 125 Å². The molecule has 1 N–H and O–H groups in total. The molecule has 0 amide bonds. The lowest BCUT2D eigenvalue weighted by Gasteiger charge is -2.18. The minimum atomic E-state index is -0.712. The van der Waals surface area contributed by atoms with Crippen LogP contribution in [0.2, 0.25) is 0 Å². The molecule has 0 spiro atoms. The number of nitrogens with zero attached hydrogens (tertiary/aromatic N) is 2. The van der Waals surface area contributed by atoms with Gasteiger partial charge in [0.15, 0.2) is 5.75 Å². The third kappa shape index (κ3) is 2.44. The van der Waals surface area contributed by atoms with Crippen LogP contribution in [0.5, 0.6) is 5.75 Å². The summed E-state index contributed by atoms with van der Waals surface area (Å²) >= 11 is 0.